The Labute approximate surface area is 126 Å². The summed E-state index contributed by atoms with van der Waals surface area (Å²) >= 11 is 0. The third kappa shape index (κ3) is 2.08. The fourth-order valence-corrected chi connectivity index (χ4v) is 4.91. The molecular weight excluding hydrogens is 276 g/mol. The zero-order valence-corrected chi connectivity index (χ0v) is 12.6. The van der Waals surface area contributed by atoms with Crippen LogP contribution in [0.25, 0.3) is 0 Å². The molecule has 0 N–H and O–H groups in total. The van der Waals surface area contributed by atoms with Crippen LogP contribution >= 0.6 is 12.4 Å². The van der Waals surface area contributed by atoms with Crippen LogP contribution in [0.4, 0.5) is 0 Å². The van der Waals surface area contributed by atoms with Gasteiger partial charge in [0.05, 0.1) is 12.5 Å². The predicted octanol–water partition coefficient (Wildman–Crippen LogP) is 1.47. The number of fused-ring (bicyclic) bond motifs is 6. The van der Waals surface area contributed by atoms with E-state index >= 15 is 0 Å². The number of ketones is 1. The van der Waals surface area contributed by atoms with E-state index in [0.717, 1.165) is 25.9 Å². The quantitative estimate of drug-likeness (QED) is 0.680. The second-order valence-corrected chi connectivity index (χ2v) is 6.77. The minimum Gasteiger partial charge on any atom is -0.339 e. The van der Waals surface area contributed by atoms with Gasteiger partial charge in [-0.2, -0.15) is 0 Å². The summed E-state index contributed by atoms with van der Waals surface area (Å²) < 4.78 is 0. The van der Waals surface area contributed by atoms with E-state index < -0.39 is 0 Å². The molecule has 2 bridgehead atoms. The van der Waals surface area contributed by atoms with Crippen molar-refractivity contribution >= 4 is 24.1 Å². The minimum atomic E-state index is 0. The number of hydrogen-bond donors (Lipinski definition) is 0. The van der Waals surface area contributed by atoms with E-state index in [1.165, 1.54) is 19.3 Å². The van der Waals surface area contributed by atoms with Crippen LogP contribution in [-0.4, -0.2) is 53.2 Å². The van der Waals surface area contributed by atoms with Gasteiger partial charge in [0.25, 0.3) is 0 Å². The largest absolute Gasteiger partial charge is 0.339 e. The topological polar surface area (TPSA) is 40.6 Å². The molecular formula is C15H23ClN2O2. The molecule has 0 saturated carbocycles. The fraction of sp³-hybridized carbons (Fsp3) is 0.867. The number of Topliss-reactive ketones (excluding diaryl/α,β-unsaturated/α-hetero) is 1. The summed E-state index contributed by atoms with van der Waals surface area (Å²) in [6.45, 7) is 2.61. The van der Waals surface area contributed by atoms with Gasteiger partial charge < -0.3 is 4.90 Å². The van der Waals surface area contributed by atoms with Crippen LogP contribution < -0.4 is 0 Å². The highest BCUT2D eigenvalue weighted by Gasteiger charge is 2.51. The van der Waals surface area contributed by atoms with Crippen molar-refractivity contribution in [2.75, 3.05) is 19.6 Å². The number of hydrogen-bond acceptors (Lipinski definition) is 3. The monoisotopic (exact) mass is 298 g/mol. The van der Waals surface area contributed by atoms with E-state index in [2.05, 4.69) is 9.80 Å². The maximum Gasteiger partial charge on any atom is 0.227 e. The van der Waals surface area contributed by atoms with Crippen molar-refractivity contribution in [3.63, 3.8) is 0 Å². The average molecular weight is 299 g/mol. The second kappa shape index (κ2) is 5.30. The normalized spacial score (nSPS) is 40.7. The first kappa shape index (κ1) is 14.3. The van der Waals surface area contributed by atoms with Gasteiger partial charge in [-0.25, -0.2) is 0 Å². The molecule has 5 heteroatoms. The Morgan fingerprint density at radius 1 is 1.05 bits per heavy atom. The van der Waals surface area contributed by atoms with Gasteiger partial charge in [-0.3, -0.25) is 14.5 Å². The molecule has 0 spiro atoms. The molecule has 4 nitrogen and oxygen atoms in total. The van der Waals surface area contributed by atoms with Crippen LogP contribution in [0.1, 0.15) is 38.5 Å². The lowest BCUT2D eigenvalue weighted by Crippen LogP contribution is -2.66. The summed E-state index contributed by atoms with van der Waals surface area (Å²) in [4.78, 5) is 28.9. The highest BCUT2D eigenvalue weighted by atomic mass is 35.5. The third-order valence-electron chi connectivity index (χ3n) is 5.75. The number of carbonyl (C=O) groups excluding carboxylic acids is 2. The average Bonchev–Trinajstić information content (AvgIpc) is 2.44. The number of nitrogens with zero attached hydrogens (tertiary/aromatic N) is 2. The zero-order valence-electron chi connectivity index (χ0n) is 11.8. The van der Waals surface area contributed by atoms with Crippen LogP contribution in [-0.2, 0) is 9.59 Å². The molecule has 0 aromatic heterocycles. The van der Waals surface area contributed by atoms with Crippen molar-refractivity contribution in [3.05, 3.63) is 0 Å². The molecule has 4 atom stereocenters. The van der Waals surface area contributed by atoms with Crippen LogP contribution in [0, 0.1) is 11.8 Å². The van der Waals surface area contributed by atoms with Crippen LogP contribution in [0.3, 0.4) is 0 Å². The van der Waals surface area contributed by atoms with Gasteiger partial charge in [-0.05, 0) is 38.0 Å². The molecule has 4 rings (SSSR count). The molecule has 112 valence electrons. The summed E-state index contributed by atoms with van der Waals surface area (Å²) in [6, 6.07) is 0.819. The molecule has 1 amide bonds. The minimum absolute atomic E-state index is 0. The Morgan fingerprint density at radius 2 is 1.90 bits per heavy atom. The van der Waals surface area contributed by atoms with E-state index in [-0.39, 0.29) is 18.3 Å². The molecule has 0 aromatic rings. The van der Waals surface area contributed by atoms with E-state index in [9.17, 15) is 9.59 Å². The summed E-state index contributed by atoms with van der Waals surface area (Å²) in [6.07, 6.45) is 6.27. The Hall–Kier alpha value is -0.610. The summed E-state index contributed by atoms with van der Waals surface area (Å²) in [5.41, 5.74) is 0. The molecule has 0 unspecified atom stereocenters. The SMILES string of the molecule is Cl.O=C1CC[C@@H]2[C@H]3C[C@@H](CN2C1)[C@@H]1CCCCN1C3=O. The van der Waals surface area contributed by atoms with Gasteiger partial charge >= 0.3 is 0 Å². The van der Waals surface area contributed by atoms with Crippen molar-refractivity contribution in [1.29, 1.82) is 0 Å². The lowest BCUT2D eigenvalue weighted by molar-refractivity contribution is -0.160. The first-order valence-corrected chi connectivity index (χ1v) is 7.80. The number of halogens is 1. The van der Waals surface area contributed by atoms with E-state index in [0.29, 0.717) is 42.7 Å². The Bertz CT molecular complexity index is 428. The molecule has 0 aromatic carbocycles. The van der Waals surface area contributed by atoms with Gasteiger partial charge in [0.1, 0.15) is 5.78 Å². The molecule has 4 heterocycles. The predicted molar refractivity (Wildman–Crippen MR) is 77.8 cm³/mol. The lowest BCUT2D eigenvalue weighted by Gasteiger charge is -2.56. The van der Waals surface area contributed by atoms with Gasteiger partial charge in [0, 0.05) is 31.6 Å². The van der Waals surface area contributed by atoms with Crippen molar-refractivity contribution in [2.24, 2.45) is 11.8 Å². The maximum atomic E-state index is 12.7. The number of piperidine rings is 4. The van der Waals surface area contributed by atoms with E-state index in [1.54, 1.807) is 0 Å². The molecule has 0 radical (unpaired) electrons. The third-order valence-corrected chi connectivity index (χ3v) is 5.75. The molecule has 20 heavy (non-hydrogen) atoms. The Morgan fingerprint density at radius 3 is 2.75 bits per heavy atom. The molecule has 4 saturated heterocycles. The standard InChI is InChI=1S/C15H22N2O2.ClH/c18-11-4-5-14-12-7-10(8-16(14)9-11)13-3-1-2-6-17(13)15(12)19;/h10,12-14H,1-9H2;1H/t10-,12+,13-,14+;/m0./s1. The molecule has 4 aliphatic rings. The van der Waals surface area contributed by atoms with Crippen molar-refractivity contribution in [1.82, 2.24) is 9.80 Å². The van der Waals surface area contributed by atoms with Gasteiger partial charge in [-0.1, -0.05) is 0 Å². The molecule has 0 aliphatic carbocycles. The summed E-state index contributed by atoms with van der Waals surface area (Å²) in [7, 11) is 0. The van der Waals surface area contributed by atoms with Crippen LogP contribution in [0.15, 0.2) is 0 Å². The zero-order chi connectivity index (χ0) is 13.0. The van der Waals surface area contributed by atoms with Crippen molar-refractivity contribution in [2.45, 2.75) is 50.6 Å². The molecule has 4 aliphatic heterocycles. The summed E-state index contributed by atoms with van der Waals surface area (Å²) in [5, 5.41) is 0. The first-order chi connectivity index (χ1) is 9.24. The Kier molecular flexibility index (Phi) is 3.80. The second-order valence-electron chi connectivity index (χ2n) is 6.77. The number of amides is 1. The smallest absolute Gasteiger partial charge is 0.227 e. The van der Waals surface area contributed by atoms with Crippen molar-refractivity contribution in [3.8, 4) is 0 Å². The number of carbonyl (C=O) groups is 2. The van der Waals surface area contributed by atoms with E-state index in [1.807, 2.05) is 0 Å². The highest BCUT2D eigenvalue weighted by molar-refractivity contribution is 5.85. The van der Waals surface area contributed by atoms with Gasteiger partial charge in [-0.15, -0.1) is 12.4 Å². The van der Waals surface area contributed by atoms with Crippen molar-refractivity contribution < 1.29 is 9.59 Å². The van der Waals surface area contributed by atoms with Crippen LogP contribution in [0.2, 0.25) is 0 Å². The summed E-state index contributed by atoms with van der Waals surface area (Å²) in [5.74, 6) is 1.56. The van der Waals surface area contributed by atoms with Gasteiger partial charge in [0.2, 0.25) is 5.91 Å². The lowest BCUT2D eigenvalue weighted by atomic mass is 9.70. The Balaban J connectivity index is 0.00000121. The first-order valence-electron chi connectivity index (χ1n) is 7.80. The number of rotatable bonds is 0. The maximum absolute atomic E-state index is 12.7. The van der Waals surface area contributed by atoms with Gasteiger partial charge in [0.15, 0.2) is 0 Å². The van der Waals surface area contributed by atoms with E-state index in [4.69, 9.17) is 0 Å². The fourth-order valence-electron chi connectivity index (χ4n) is 4.91. The molecule has 4 fully saturated rings. The van der Waals surface area contributed by atoms with Crippen LogP contribution in [0.5, 0.6) is 0 Å². The highest BCUT2D eigenvalue weighted by Crippen LogP contribution is 2.42.